The van der Waals surface area contributed by atoms with Crippen molar-refractivity contribution in [2.75, 3.05) is 13.2 Å². The van der Waals surface area contributed by atoms with Crippen LogP contribution >= 0.6 is 11.8 Å². The van der Waals surface area contributed by atoms with E-state index in [1.54, 1.807) is 17.2 Å². The second kappa shape index (κ2) is 3.12. The predicted molar refractivity (Wildman–Crippen MR) is 35.5 cm³/mol. The van der Waals surface area contributed by atoms with Gasteiger partial charge in [-0.25, -0.2) is 0 Å². The summed E-state index contributed by atoms with van der Waals surface area (Å²) in [5, 5.41) is 4.91. The van der Waals surface area contributed by atoms with E-state index in [4.69, 9.17) is 4.74 Å². The van der Waals surface area contributed by atoms with Gasteiger partial charge in [-0.3, -0.25) is 5.32 Å². The zero-order valence-corrected chi connectivity index (χ0v) is 5.41. The van der Waals surface area contributed by atoms with E-state index in [1.807, 2.05) is 0 Å². The smallest absolute Gasteiger partial charge is 0.160 e. The van der Waals surface area contributed by atoms with Gasteiger partial charge in [0.25, 0.3) is 0 Å². The van der Waals surface area contributed by atoms with E-state index in [0.29, 0.717) is 0 Å². The molecule has 1 atom stereocenters. The molecule has 1 saturated heterocycles. The summed E-state index contributed by atoms with van der Waals surface area (Å²) in [6, 6.07) is 0. The molecule has 8 heavy (non-hydrogen) atoms. The molecule has 46 valence electrons. The Bertz CT molecular complexity index is 80.5. The van der Waals surface area contributed by atoms with Crippen molar-refractivity contribution in [1.82, 2.24) is 5.32 Å². The summed E-state index contributed by atoms with van der Waals surface area (Å²) in [7, 11) is 0. The summed E-state index contributed by atoms with van der Waals surface area (Å²) >= 11 is 1.57. The molecule has 0 bridgehead atoms. The van der Waals surface area contributed by atoms with Crippen LogP contribution in [0.5, 0.6) is 0 Å². The van der Waals surface area contributed by atoms with Gasteiger partial charge in [0.05, 0.1) is 6.61 Å². The Hall–Kier alpha value is 0.01000. The number of hydrogen-bond acceptors (Lipinski definition) is 3. The predicted octanol–water partition coefficient (Wildman–Crippen LogP) is 0.766. The maximum absolute atomic E-state index is 5.17. The minimum Gasteiger partial charge on any atom is -0.352 e. The fourth-order valence-corrected chi connectivity index (χ4v) is 1.14. The Morgan fingerprint density at radius 1 is 1.88 bits per heavy atom. The molecule has 0 radical (unpaired) electrons. The number of thioether (sulfide) groups is 1. The van der Waals surface area contributed by atoms with Crippen LogP contribution in [0.4, 0.5) is 0 Å². The van der Waals surface area contributed by atoms with Crippen molar-refractivity contribution in [2.24, 2.45) is 0 Å². The Morgan fingerprint density at radius 3 is 3.25 bits per heavy atom. The van der Waals surface area contributed by atoms with E-state index >= 15 is 0 Å². The van der Waals surface area contributed by atoms with Gasteiger partial charge in [-0.1, -0.05) is 18.3 Å². The van der Waals surface area contributed by atoms with Crippen molar-refractivity contribution >= 4 is 11.8 Å². The first kappa shape index (κ1) is 6.13. The molecule has 0 amide bonds. The van der Waals surface area contributed by atoms with Crippen molar-refractivity contribution in [3.63, 3.8) is 0 Å². The summed E-state index contributed by atoms with van der Waals surface area (Å²) in [6.45, 7) is 5.36. The second-order valence-corrected chi connectivity index (χ2v) is 2.49. The third-order valence-corrected chi connectivity index (χ3v) is 1.64. The average molecular weight is 131 g/mol. The Balaban J connectivity index is 2.14. The Labute approximate surface area is 53.3 Å². The van der Waals surface area contributed by atoms with E-state index in [0.717, 1.165) is 13.2 Å². The average Bonchev–Trinajstić information content (AvgIpc) is 2.19. The fourth-order valence-electron chi connectivity index (χ4n) is 0.576. The quantitative estimate of drug-likeness (QED) is 0.598. The van der Waals surface area contributed by atoms with Crippen LogP contribution in [0.15, 0.2) is 12.0 Å². The van der Waals surface area contributed by atoms with Gasteiger partial charge in [0.2, 0.25) is 0 Å². The number of rotatable bonds is 2. The van der Waals surface area contributed by atoms with Crippen molar-refractivity contribution in [1.29, 1.82) is 0 Å². The molecular formula is C5H9NOS. The standard InChI is InChI=1S/C5H9NOS/c1-2-8-5-6-3-4-7-5/h2,5-6H,1,3-4H2. The van der Waals surface area contributed by atoms with Crippen LogP contribution in [0.25, 0.3) is 0 Å². The molecule has 1 N–H and O–H groups in total. The van der Waals surface area contributed by atoms with Gasteiger partial charge in [0, 0.05) is 6.54 Å². The number of hydrogen-bond donors (Lipinski definition) is 1. The SMILES string of the molecule is C=CSC1NCCO1. The second-order valence-electron chi connectivity index (χ2n) is 1.46. The number of nitrogens with one attached hydrogen (secondary N) is 1. The molecule has 0 saturated carbocycles. The fraction of sp³-hybridized carbons (Fsp3) is 0.600. The lowest BCUT2D eigenvalue weighted by atomic mass is 10.7. The molecule has 1 aliphatic heterocycles. The summed E-state index contributed by atoms with van der Waals surface area (Å²) < 4.78 is 5.17. The lowest BCUT2D eigenvalue weighted by Gasteiger charge is -2.02. The summed E-state index contributed by atoms with van der Waals surface area (Å²) in [4.78, 5) is 0. The highest BCUT2D eigenvalue weighted by Crippen LogP contribution is 2.12. The van der Waals surface area contributed by atoms with Gasteiger partial charge in [-0.05, 0) is 5.41 Å². The van der Waals surface area contributed by atoms with E-state index in [1.165, 1.54) is 0 Å². The Morgan fingerprint density at radius 2 is 2.75 bits per heavy atom. The molecule has 0 aromatic carbocycles. The largest absolute Gasteiger partial charge is 0.352 e. The summed E-state index contributed by atoms with van der Waals surface area (Å²) in [5.41, 5.74) is 0.160. The molecule has 1 rings (SSSR count). The van der Waals surface area contributed by atoms with Crippen LogP contribution in [0.2, 0.25) is 0 Å². The highest BCUT2D eigenvalue weighted by Gasteiger charge is 2.11. The van der Waals surface area contributed by atoms with Crippen LogP contribution in [-0.4, -0.2) is 18.7 Å². The maximum Gasteiger partial charge on any atom is 0.160 e. The van der Waals surface area contributed by atoms with E-state index in [9.17, 15) is 0 Å². The lowest BCUT2D eigenvalue weighted by molar-refractivity contribution is 0.169. The highest BCUT2D eigenvalue weighted by molar-refractivity contribution is 8.02. The molecule has 1 aliphatic rings. The normalized spacial score (nSPS) is 28.2. The molecular weight excluding hydrogens is 122 g/mol. The summed E-state index contributed by atoms with van der Waals surface area (Å²) in [6.07, 6.45) is 0. The van der Waals surface area contributed by atoms with Crippen LogP contribution in [0.1, 0.15) is 0 Å². The van der Waals surface area contributed by atoms with E-state index in [-0.39, 0.29) is 5.56 Å². The van der Waals surface area contributed by atoms with Crippen LogP contribution < -0.4 is 5.32 Å². The van der Waals surface area contributed by atoms with Gasteiger partial charge in [-0.2, -0.15) is 0 Å². The first-order chi connectivity index (χ1) is 3.93. The Kier molecular flexibility index (Phi) is 2.39. The third kappa shape index (κ3) is 1.51. The van der Waals surface area contributed by atoms with Crippen LogP contribution in [-0.2, 0) is 4.74 Å². The van der Waals surface area contributed by atoms with Gasteiger partial charge < -0.3 is 4.74 Å². The summed E-state index contributed by atoms with van der Waals surface area (Å²) in [5.74, 6) is 0. The molecule has 1 fully saturated rings. The topological polar surface area (TPSA) is 21.3 Å². The van der Waals surface area contributed by atoms with E-state index < -0.39 is 0 Å². The first-order valence-corrected chi connectivity index (χ1v) is 3.49. The van der Waals surface area contributed by atoms with Gasteiger partial charge in [0.1, 0.15) is 0 Å². The zero-order chi connectivity index (χ0) is 5.82. The monoisotopic (exact) mass is 131 g/mol. The third-order valence-electron chi connectivity index (χ3n) is 0.902. The van der Waals surface area contributed by atoms with Gasteiger partial charge >= 0.3 is 0 Å². The molecule has 1 unspecified atom stereocenters. The van der Waals surface area contributed by atoms with Crippen molar-refractivity contribution in [3.8, 4) is 0 Å². The highest BCUT2D eigenvalue weighted by atomic mass is 32.2. The molecule has 2 nitrogen and oxygen atoms in total. The molecule has 1 heterocycles. The van der Waals surface area contributed by atoms with Gasteiger partial charge in [0.15, 0.2) is 5.56 Å². The van der Waals surface area contributed by atoms with Crippen molar-refractivity contribution < 1.29 is 4.74 Å². The minimum atomic E-state index is 0.160. The van der Waals surface area contributed by atoms with E-state index in [2.05, 4.69) is 11.9 Å². The van der Waals surface area contributed by atoms with Gasteiger partial charge in [-0.15, -0.1) is 0 Å². The van der Waals surface area contributed by atoms with Crippen molar-refractivity contribution in [2.45, 2.75) is 5.56 Å². The lowest BCUT2D eigenvalue weighted by Crippen LogP contribution is -2.17. The van der Waals surface area contributed by atoms with Crippen LogP contribution in [0.3, 0.4) is 0 Å². The molecule has 0 aliphatic carbocycles. The van der Waals surface area contributed by atoms with Crippen molar-refractivity contribution in [3.05, 3.63) is 12.0 Å². The molecule has 0 spiro atoms. The zero-order valence-electron chi connectivity index (χ0n) is 4.59. The number of ether oxygens (including phenoxy) is 1. The van der Waals surface area contributed by atoms with Crippen LogP contribution in [0, 0.1) is 0 Å². The molecule has 0 aromatic rings. The molecule has 3 heteroatoms. The first-order valence-electron chi connectivity index (χ1n) is 2.55. The molecule has 0 aromatic heterocycles. The maximum atomic E-state index is 5.17. The minimum absolute atomic E-state index is 0.160.